The minimum Gasteiger partial charge on any atom is -0.309 e. The Hall–Kier alpha value is -1.60. The second-order valence-electron chi connectivity index (χ2n) is 4.65. The van der Waals surface area contributed by atoms with Gasteiger partial charge in [-0.25, -0.2) is 0 Å². The van der Waals surface area contributed by atoms with E-state index < -0.39 is 0 Å². The van der Waals surface area contributed by atoms with Gasteiger partial charge in [0.15, 0.2) is 0 Å². The fraction of sp³-hybridized carbons (Fsp3) is 0.250. The molecule has 1 heterocycles. The third kappa shape index (κ3) is 2.25. The molecule has 0 unspecified atom stereocenters. The molecule has 0 saturated heterocycles. The van der Waals surface area contributed by atoms with E-state index >= 15 is 0 Å². The van der Waals surface area contributed by atoms with Gasteiger partial charge in [-0.1, -0.05) is 54.6 Å². The van der Waals surface area contributed by atoms with Gasteiger partial charge in [-0.05, 0) is 36.1 Å². The highest BCUT2D eigenvalue weighted by Crippen LogP contribution is 2.25. The van der Waals surface area contributed by atoms with Gasteiger partial charge in [0.25, 0.3) is 0 Å². The Bertz CT molecular complexity index is 490. The van der Waals surface area contributed by atoms with Crippen LogP contribution in [0.25, 0.3) is 0 Å². The summed E-state index contributed by atoms with van der Waals surface area (Å²) < 4.78 is 0. The molecular weight excluding hydrogens is 206 g/mol. The lowest BCUT2D eigenvalue weighted by Crippen LogP contribution is -2.31. The lowest BCUT2D eigenvalue weighted by Gasteiger charge is -2.27. The molecule has 3 rings (SSSR count). The molecule has 1 heteroatoms. The first-order valence-corrected chi connectivity index (χ1v) is 6.28. The van der Waals surface area contributed by atoms with Gasteiger partial charge in [-0.2, -0.15) is 0 Å². The molecule has 1 aliphatic rings. The van der Waals surface area contributed by atoms with E-state index in [0.717, 1.165) is 19.4 Å². The quantitative estimate of drug-likeness (QED) is 0.825. The molecule has 2 aromatic carbocycles. The Morgan fingerprint density at radius 2 is 1.71 bits per heavy atom. The van der Waals surface area contributed by atoms with Crippen molar-refractivity contribution in [1.82, 2.24) is 5.32 Å². The normalized spacial score (nSPS) is 18.7. The monoisotopic (exact) mass is 223 g/mol. The van der Waals surface area contributed by atoms with Gasteiger partial charge in [-0.3, -0.25) is 0 Å². The summed E-state index contributed by atoms with van der Waals surface area (Å²) >= 11 is 0. The number of nitrogens with one attached hydrogen (secondary N) is 1. The highest BCUT2D eigenvalue weighted by atomic mass is 14.9. The number of fused-ring (bicyclic) bond motifs is 1. The smallest absolute Gasteiger partial charge is 0.0363 e. The molecule has 0 aliphatic carbocycles. The molecule has 0 saturated carbocycles. The molecule has 2 aromatic rings. The minimum absolute atomic E-state index is 0.474. The highest BCUT2D eigenvalue weighted by molar-refractivity contribution is 5.33. The summed E-state index contributed by atoms with van der Waals surface area (Å²) in [5, 5.41) is 3.62. The highest BCUT2D eigenvalue weighted by Gasteiger charge is 2.18. The second kappa shape index (κ2) is 4.72. The van der Waals surface area contributed by atoms with Crippen molar-refractivity contribution in [3.05, 3.63) is 71.3 Å². The van der Waals surface area contributed by atoms with Crippen LogP contribution in [0, 0.1) is 0 Å². The van der Waals surface area contributed by atoms with Gasteiger partial charge in [-0.15, -0.1) is 0 Å². The zero-order valence-corrected chi connectivity index (χ0v) is 9.89. The predicted molar refractivity (Wildman–Crippen MR) is 71.0 cm³/mol. The number of rotatable bonds is 2. The van der Waals surface area contributed by atoms with Crippen LogP contribution in [0.2, 0.25) is 0 Å². The maximum Gasteiger partial charge on any atom is 0.0363 e. The van der Waals surface area contributed by atoms with E-state index in [2.05, 4.69) is 59.9 Å². The van der Waals surface area contributed by atoms with E-state index in [4.69, 9.17) is 0 Å². The maximum absolute atomic E-state index is 3.62. The summed E-state index contributed by atoms with van der Waals surface area (Å²) in [4.78, 5) is 0. The van der Waals surface area contributed by atoms with Crippen LogP contribution in [0.5, 0.6) is 0 Å². The zero-order chi connectivity index (χ0) is 11.5. The Balaban J connectivity index is 1.86. The fourth-order valence-corrected chi connectivity index (χ4v) is 2.62. The SMILES string of the molecule is c1ccc(C[C@@H]2NCCc3ccccc32)cc1. The van der Waals surface area contributed by atoms with Crippen LogP contribution in [-0.2, 0) is 12.8 Å². The summed E-state index contributed by atoms with van der Waals surface area (Å²) in [5.41, 5.74) is 4.39. The van der Waals surface area contributed by atoms with Crippen LogP contribution in [-0.4, -0.2) is 6.54 Å². The molecule has 86 valence electrons. The molecule has 0 spiro atoms. The second-order valence-corrected chi connectivity index (χ2v) is 4.65. The van der Waals surface area contributed by atoms with Gasteiger partial charge >= 0.3 is 0 Å². The molecule has 0 amide bonds. The van der Waals surface area contributed by atoms with Gasteiger partial charge in [0.2, 0.25) is 0 Å². The lowest BCUT2D eigenvalue weighted by molar-refractivity contribution is 0.502. The van der Waals surface area contributed by atoms with Crippen LogP contribution in [0.3, 0.4) is 0 Å². The zero-order valence-electron chi connectivity index (χ0n) is 9.89. The van der Waals surface area contributed by atoms with Crippen molar-refractivity contribution < 1.29 is 0 Å². The van der Waals surface area contributed by atoms with E-state index in [1.807, 2.05) is 0 Å². The van der Waals surface area contributed by atoms with E-state index in [1.165, 1.54) is 16.7 Å². The van der Waals surface area contributed by atoms with Gasteiger partial charge < -0.3 is 5.32 Å². The van der Waals surface area contributed by atoms with Gasteiger partial charge in [0.1, 0.15) is 0 Å². The van der Waals surface area contributed by atoms with Crippen molar-refractivity contribution in [1.29, 1.82) is 0 Å². The standard InChI is InChI=1S/C16H17N/c1-2-6-13(7-3-1)12-16-15-9-5-4-8-14(15)10-11-17-16/h1-9,16-17H,10-12H2/t16-/m0/s1. The van der Waals surface area contributed by atoms with Crippen molar-refractivity contribution >= 4 is 0 Å². The van der Waals surface area contributed by atoms with E-state index in [9.17, 15) is 0 Å². The summed E-state index contributed by atoms with van der Waals surface area (Å²) in [6.07, 6.45) is 2.24. The molecule has 0 aromatic heterocycles. The third-order valence-electron chi connectivity index (χ3n) is 3.50. The van der Waals surface area contributed by atoms with E-state index in [-0.39, 0.29) is 0 Å². The molecule has 1 atom stereocenters. The van der Waals surface area contributed by atoms with Crippen molar-refractivity contribution in [3.8, 4) is 0 Å². The number of hydrogen-bond donors (Lipinski definition) is 1. The Morgan fingerprint density at radius 1 is 0.941 bits per heavy atom. The maximum atomic E-state index is 3.62. The molecule has 17 heavy (non-hydrogen) atoms. The Morgan fingerprint density at radius 3 is 2.59 bits per heavy atom. The first-order valence-electron chi connectivity index (χ1n) is 6.28. The Kier molecular flexibility index (Phi) is 2.93. The van der Waals surface area contributed by atoms with Crippen LogP contribution < -0.4 is 5.32 Å². The number of hydrogen-bond acceptors (Lipinski definition) is 1. The molecule has 0 fully saturated rings. The summed E-state index contributed by atoms with van der Waals surface area (Å²) in [5.74, 6) is 0. The first kappa shape index (κ1) is 10.5. The lowest BCUT2D eigenvalue weighted by atomic mass is 9.90. The van der Waals surface area contributed by atoms with Crippen molar-refractivity contribution in [2.45, 2.75) is 18.9 Å². The first-order chi connectivity index (χ1) is 8.43. The summed E-state index contributed by atoms with van der Waals surface area (Å²) in [6.45, 7) is 1.09. The molecule has 0 bridgehead atoms. The largest absolute Gasteiger partial charge is 0.309 e. The van der Waals surface area contributed by atoms with Gasteiger partial charge in [0, 0.05) is 6.04 Å². The van der Waals surface area contributed by atoms with Crippen molar-refractivity contribution in [2.75, 3.05) is 6.54 Å². The molecule has 1 nitrogen and oxygen atoms in total. The number of benzene rings is 2. The summed E-state index contributed by atoms with van der Waals surface area (Å²) in [7, 11) is 0. The van der Waals surface area contributed by atoms with E-state index in [1.54, 1.807) is 0 Å². The molecule has 1 aliphatic heterocycles. The van der Waals surface area contributed by atoms with Crippen LogP contribution in [0.4, 0.5) is 0 Å². The fourth-order valence-electron chi connectivity index (χ4n) is 2.62. The van der Waals surface area contributed by atoms with Gasteiger partial charge in [0.05, 0.1) is 0 Å². The molecule has 0 radical (unpaired) electrons. The average Bonchev–Trinajstić information content (AvgIpc) is 2.40. The predicted octanol–water partition coefficient (Wildman–Crippen LogP) is 3.12. The third-order valence-corrected chi connectivity index (χ3v) is 3.50. The Labute approximate surface area is 102 Å². The minimum atomic E-state index is 0.474. The van der Waals surface area contributed by atoms with Crippen LogP contribution in [0.1, 0.15) is 22.7 Å². The summed E-state index contributed by atoms with van der Waals surface area (Å²) in [6, 6.07) is 20.0. The molecule has 1 N–H and O–H groups in total. The molecular formula is C16H17N. The van der Waals surface area contributed by atoms with Crippen molar-refractivity contribution in [3.63, 3.8) is 0 Å². The van der Waals surface area contributed by atoms with Crippen molar-refractivity contribution in [2.24, 2.45) is 0 Å². The average molecular weight is 223 g/mol. The van der Waals surface area contributed by atoms with Crippen LogP contribution >= 0.6 is 0 Å². The topological polar surface area (TPSA) is 12.0 Å². The van der Waals surface area contributed by atoms with Crippen LogP contribution in [0.15, 0.2) is 54.6 Å². The van der Waals surface area contributed by atoms with E-state index in [0.29, 0.717) is 6.04 Å².